The predicted octanol–water partition coefficient (Wildman–Crippen LogP) is 0.844. The van der Waals surface area contributed by atoms with Crippen molar-refractivity contribution in [1.29, 1.82) is 0 Å². The van der Waals surface area contributed by atoms with E-state index in [9.17, 15) is 19.2 Å². The van der Waals surface area contributed by atoms with Gasteiger partial charge in [-0.15, -0.1) is 0 Å². The van der Waals surface area contributed by atoms with Crippen molar-refractivity contribution in [3.8, 4) is 5.75 Å². The second-order valence-electron chi connectivity index (χ2n) is 6.31. The molecule has 0 aliphatic heterocycles. The Morgan fingerprint density at radius 3 is 2.36 bits per heavy atom. The van der Waals surface area contributed by atoms with Crippen molar-refractivity contribution in [3.05, 3.63) is 26.5 Å². The third kappa shape index (κ3) is 5.77. The normalized spacial score (nSPS) is 11.1. The van der Waals surface area contributed by atoms with E-state index in [1.807, 2.05) is 6.92 Å². The summed E-state index contributed by atoms with van der Waals surface area (Å²) in [5.41, 5.74) is -3.03. The number of nitrogens with zero attached hydrogens (tertiary/aromatic N) is 1. The number of esters is 2. The highest BCUT2D eigenvalue weighted by Crippen LogP contribution is 2.16. The molecule has 1 rings (SSSR count). The second-order valence-corrected chi connectivity index (χ2v) is 6.31. The van der Waals surface area contributed by atoms with Gasteiger partial charge in [-0.2, -0.15) is 0 Å². The van der Waals surface area contributed by atoms with E-state index in [-0.39, 0.29) is 18.1 Å². The Hall–Kier alpha value is -2.58. The monoisotopic (exact) mass is 356 g/mol. The smallest absolute Gasteiger partial charge is 0.359 e. The van der Waals surface area contributed by atoms with Crippen molar-refractivity contribution in [2.45, 2.75) is 52.7 Å². The van der Waals surface area contributed by atoms with E-state index >= 15 is 0 Å². The molecule has 0 spiro atoms. The zero-order chi connectivity index (χ0) is 19.2. The predicted molar refractivity (Wildman–Crippen MR) is 88.9 cm³/mol. The van der Waals surface area contributed by atoms with Crippen LogP contribution in [0.4, 0.5) is 0 Å². The van der Waals surface area contributed by atoms with Crippen LogP contribution in [0.15, 0.2) is 9.59 Å². The Balaban J connectivity index is 3.40. The third-order valence-electron chi connectivity index (χ3n) is 3.01. The van der Waals surface area contributed by atoms with Crippen molar-refractivity contribution < 1.29 is 23.8 Å². The van der Waals surface area contributed by atoms with Gasteiger partial charge in [-0.3, -0.25) is 14.6 Å². The number of hydrogen-bond donors (Lipinski definition) is 1. The van der Waals surface area contributed by atoms with Crippen LogP contribution < -0.4 is 16.0 Å². The molecule has 0 fully saturated rings. The minimum atomic E-state index is -0.931. The van der Waals surface area contributed by atoms with E-state index in [0.29, 0.717) is 11.0 Å². The maximum Gasteiger partial charge on any atom is 0.359 e. The lowest BCUT2D eigenvalue weighted by Crippen LogP contribution is -2.40. The van der Waals surface area contributed by atoms with E-state index in [1.165, 1.54) is 0 Å². The maximum absolute atomic E-state index is 12.5. The van der Waals surface area contributed by atoms with Crippen LogP contribution in [0.2, 0.25) is 0 Å². The number of hydrogen-bond acceptors (Lipinski definition) is 7. The molecule has 0 saturated heterocycles. The van der Waals surface area contributed by atoms with Crippen LogP contribution in [0.5, 0.6) is 5.75 Å². The first kappa shape index (κ1) is 20.5. The molecule has 0 atom stereocenters. The van der Waals surface area contributed by atoms with Crippen LogP contribution in [0.1, 0.15) is 51.0 Å². The van der Waals surface area contributed by atoms with Crippen molar-refractivity contribution in [3.63, 3.8) is 0 Å². The Kier molecular flexibility index (Phi) is 6.96. The molecule has 0 unspecified atom stereocenters. The van der Waals surface area contributed by atoms with Gasteiger partial charge in [0.2, 0.25) is 5.75 Å². The largest absolute Gasteiger partial charge is 0.486 e. The summed E-state index contributed by atoms with van der Waals surface area (Å²) in [5.74, 6) is -2.03. The lowest BCUT2D eigenvalue weighted by molar-refractivity contribution is -0.141. The minimum absolute atomic E-state index is 0.172. The number of H-pyrrole nitrogens is 1. The Labute approximate surface area is 144 Å². The van der Waals surface area contributed by atoms with Gasteiger partial charge in [0.05, 0.1) is 13.7 Å². The zero-order valence-electron chi connectivity index (χ0n) is 15.1. The molecule has 25 heavy (non-hydrogen) atoms. The molecular formula is C16H24N2O7. The summed E-state index contributed by atoms with van der Waals surface area (Å²) in [7, 11) is 1.13. The van der Waals surface area contributed by atoms with Crippen LogP contribution in [0.3, 0.4) is 0 Å². The lowest BCUT2D eigenvalue weighted by atomic mass is 10.2. The van der Waals surface area contributed by atoms with E-state index in [2.05, 4.69) is 9.72 Å². The fraction of sp³-hybridized carbons (Fsp3) is 0.625. The molecule has 140 valence electrons. The SMILES string of the molecule is CCCCOc1c(C(=O)OC(C)(C)C)[nH]c(=O)n(CC(=O)OC)c1=O. The third-order valence-corrected chi connectivity index (χ3v) is 3.01. The Morgan fingerprint density at radius 1 is 1.20 bits per heavy atom. The molecule has 9 nitrogen and oxygen atoms in total. The average molecular weight is 356 g/mol. The van der Waals surface area contributed by atoms with Crippen LogP contribution in [-0.4, -0.2) is 40.8 Å². The summed E-state index contributed by atoms with van der Waals surface area (Å²) in [5, 5.41) is 0. The number of carbonyl (C=O) groups is 2. The van der Waals surface area contributed by atoms with Crippen LogP contribution >= 0.6 is 0 Å². The topological polar surface area (TPSA) is 117 Å². The second kappa shape index (κ2) is 8.50. The molecule has 0 aromatic carbocycles. The molecule has 0 radical (unpaired) electrons. The summed E-state index contributed by atoms with van der Waals surface area (Å²) in [6.07, 6.45) is 1.45. The van der Waals surface area contributed by atoms with Gasteiger partial charge < -0.3 is 14.2 Å². The molecule has 1 aromatic heterocycles. The van der Waals surface area contributed by atoms with Gasteiger partial charge in [0, 0.05) is 0 Å². The highest BCUT2D eigenvalue weighted by molar-refractivity contribution is 5.90. The number of carbonyl (C=O) groups excluding carboxylic acids is 2. The molecule has 9 heteroatoms. The fourth-order valence-electron chi connectivity index (χ4n) is 1.82. The molecule has 0 bridgehead atoms. The van der Waals surface area contributed by atoms with Gasteiger partial charge in [-0.05, 0) is 27.2 Å². The number of aromatic amines is 1. The van der Waals surface area contributed by atoms with E-state index in [4.69, 9.17) is 9.47 Å². The number of unbranched alkanes of at least 4 members (excludes halogenated alkanes) is 1. The molecule has 1 heterocycles. The van der Waals surface area contributed by atoms with Gasteiger partial charge in [0.1, 0.15) is 12.1 Å². The van der Waals surface area contributed by atoms with Crippen molar-refractivity contribution in [1.82, 2.24) is 9.55 Å². The summed E-state index contributed by atoms with van der Waals surface area (Å²) in [4.78, 5) is 50.6. The quantitative estimate of drug-likeness (QED) is 0.568. The first-order chi connectivity index (χ1) is 11.6. The number of rotatable bonds is 7. The lowest BCUT2D eigenvalue weighted by Gasteiger charge is -2.20. The molecule has 0 amide bonds. The standard InChI is InChI=1S/C16H24N2O7/c1-6-7-8-24-12-11(14(21)25-16(2,3)4)17-15(22)18(13(12)20)9-10(19)23-5/h6-9H2,1-5H3,(H,17,22). The fourth-order valence-corrected chi connectivity index (χ4v) is 1.82. The number of methoxy groups -OCH3 is 1. The van der Waals surface area contributed by atoms with Gasteiger partial charge in [-0.1, -0.05) is 13.3 Å². The van der Waals surface area contributed by atoms with Crippen LogP contribution in [-0.2, 0) is 20.8 Å². The molecule has 1 N–H and O–H groups in total. The zero-order valence-corrected chi connectivity index (χ0v) is 15.1. The minimum Gasteiger partial charge on any atom is -0.486 e. The highest BCUT2D eigenvalue weighted by Gasteiger charge is 2.26. The summed E-state index contributed by atoms with van der Waals surface area (Å²) < 4.78 is 15.7. The van der Waals surface area contributed by atoms with Gasteiger partial charge in [0.25, 0.3) is 5.56 Å². The summed E-state index contributed by atoms with van der Waals surface area (Å²) in [6, 6.07) is 0. The summed E-state index contributed by atoms with van der Waals surface area (Å²) >= 11 is 0. The maximum atomic E-state index is 12.5. The van der Waals surface area contributed by atoms with E-state index < -0.39 is 35.3 Å². The first-order valence-corrected chi connectivity index (χ1v) is 7.90. The Morgan fingerprint density at radius 2 is 1.84 bits per heavy atom. The highest BCUT2D eigenvalue weighted by atomic mass is 16.6. The van der Waals surface area contributed by atoms with E-state index in [0.717, 1.165) is 13.5 Å². The van der Waals surface area contributed by atoms with E-state index in [1.54, 1.807) is 20.8 Å². The number of ether oxygens (including phenoxy) is 3. The van der Waals surface area contributed by atoms with Crippen LogP contribution in [0.25, 0.3) is 0 Å². The average Bonchev–Trinajstić information content (AvgIpc) is 2.51. The first-order valence-electron chi connectivity index (χ1n) is 7.90. The van der Waals surface area contributed by atoms with Gasteiger partial charge >= 0.3 is 17.6 Å². The number of nitrogens with one attached hydrogen (secondary N) is 1. The van der Waals surface area contributed by atoms with Gasteiger partial charge in [0.15, 0.2) is 5.69 Å². The molecule has 1 aromatic rings. The van der Waals surface area contributed by atoms with Gasteiger partial charge in [-0.25, -0.2) is 14.2 Å². The summed E-state index contributed by atoms with van der Waals surface area (Å²) in [6.45, 7) is 6.47. The van der Waals surface area contributed by atoms with Crippen molar-refractivity contribution >= 4 is 11.9 Å². The van der Waals surface area contributed by atoms with Crippen molar-refractivity contribution in [2.75, 3.05) is 13.7 Å². The number of aromatic nitrogens is 2. The molecule has 0 aliphatic carbocycles. The van der Waals surface area contributed by atoms with Crippen LogP contribution in [0, 0.1) is 0 Å². The molecule has 0 aliphatic rings. The molecule has 0 saturated carbocycles. The molecular weight excluding hydrogens is 332 g/mol. The Bertz CT molecular complexity index is 740. The van der Waals surface area contributed by atoms with Crippen molar-refractivity contribution in [2.24, 2.45) is 0 Å².